The molecule has 0 aliphatic heterocycles. The molecule has 0 saturated heterocycles. The van der Waals surface area contributed by atoms with Gasteiger partial charge in [0.05, 0.1) is 3.57 Å². The van der Waals surface area contributed by atoms with Crippen molar-refractivity contribution in [2.24, 2.45) is 0 Å². The number of hydrogen-bond donors (Lipinski definition) is 0. The van der Waals surface area contributed by atoms with Gasteiger partial charge >= 0.3 is 0 Å². The highest BCUT2D eigenvalue weighted by atomic mass is 127. The van der Waals surface area contributed by atoms with Crippen molar-refractivity contribution in [2.75, 3.05) is 0 Å². The summed E-state index contributed by atoms with van der Waals surface area (Å²) in [5, 5.41) is 0.648. The minimum absolute atomic E-state index is 0.648. The first-order chi connectivity index (χ1) is 5.29. The molecular weight excluding hydrogens is 272 g/mol. The Hall–Kier alpha value is 0.170. The first kappa shape index (κ1) is 7.80. The predicted octanol–water partition coefficient (Wildman–Crippen LogP) is 3.22. The van der Waals surface area contributed by atoms with E-state index in [4.69, 9.17) is 11.6 Å². The number of aromatic nitrogens is 1. The van der Waals surface area contributed by atoms with E-state index in [-0.39, 0.29) is 0 Å². The molecule has 0 unspecified atom stereocenters. The number of rotatable bonds is 1. The maximum Gasteiger partial charge on any atom is 0.142 e. The van der Waals surface area contributed by atoms with Crippen molar-refractivity contribution < 1.29 is 0 Å². The van der Waals surface area contributed by atoms with Crippen molar-refractivity contribution in [2.45, 2.75) is 18.8 Å². The lowest BCUT2D eigenvalue weighted by Crippen LogP contribution is -1.88. The van der Waals surface area contributed by atoms with E-state index in [0.29, 0.717) is 5.15 Å². The van der Waals surface area contributed by atoms with Crippen molar-refractivity contribution in [3.05, 3.63) is 26.5 Å². The molecule has 0 aromatic carbocycles. The number of halogens is 2. The monoisotopic (exact) mass is 279 g/mol. The summed E-state index contributed by atoms with van der Waals surface area (Å²) >= 11 is 8.13. The molecule has 1 fully saturated rings. The Labute approximate surface area is 84.3 Å². The molecule has 0 amide bonds. The molecule has 0 spiro atoms. The molecule has 11 heavy (non-hydrogen) atoms. The van der Waals surface area contributed by atoms with Gasteiger partial charge in [-0.1, -0.05) is 11.6 Å². The van der Waals surface area contributed by atoms with Gasteiger partial charge in [-0.15, -0.1) is 0 Å². The fraction of sp³-hybridized carbons (Fsp3) is 0.375. The molecule has 3 heteroatoms. The normalized spacial score (nSPS) is 16.9. The first-order valence-electron chi connectivity index (χ1n) is 3.59. The zero-order valence-electron chi connectivity index (χ0n) is 5.85. The molecule has 1 aromatic heterocycles. The van der Waals surface area contributed by atoms with Crippen LogP contribution in [0.2, 0.25) is 5.15 Å². The highest BCUT2D eigenvalue weighted by Gasteiger charge is 2.26. The van der Waals surface area contributed by atoms with E-state index in [1.54, 1.807) is 6.20 Å². The van der Waals surface area contributed by atoms with Crippen LogP contribution in [0.3, 0.4) is 0 Å². The Morgan fingerprint density at radius 2 is 2.27 bits per heavy atom. The van der Waals surface area contributed by atoms with Crippen molar-refractivity contribution in [3.8, 4) is 0 Å². The van der Waals surface area contributed by atoms with E-state index >= 15 is 0 Å². The van der Waals surface area contributed by atoms with Gasteiger partial charge in [-0.2, -0.15) is 0 Å². The third-order valence-electron chi connectivity index (χ3n) is 1.89. The zero-order valence-corrected chi connectivity index (χ0v) is 8.76. The van der Waals surface area contributed by atoms with Gasteiger partial charge in [0.15, 0.2) is 0 Å². The van der Waals surface area contributed by atoms with Gasteiger partial charge in [-0.25, -0.2) is 4.98 Å². The number of nitrogens with zero attached hydrogens (tertiary/aromatic N) is 1. The molecule has 1 aromatic rings. The second-order valence-electron chi connectivity index (χ2n) is 2.78. The predicted molar refractivity (Wildman–Crippen MR) is 53.9 cm³/mol. The molecule has 1 saturated carbocycles. The number of hydrogen-bond acceptors (Lipinski definition) is 1. The summed E-state index contributed by atoms with van der Waals surface area (Å²) < 4.78 is 1.13. The Kier molecular flexibility index (Phi) is 2.06. The molecule has 1 nitrogen and oxygen atoms in total. The van der Waals surface area contributed by atoms with Gasteiger partial charge in [-0.05, 0) is 53.0 Å². The van der Waals surface area contributed by atoms with Crippen molar-refractivity contribution in [3.63, 3.8) is 0 Å². The van der Waals surface area contributed by atoms with Crippen LogP contribution in [0.15, 0.2) is 12.3 Å². The van der Waals surface area contributed by atoms with Gasteiger partial charge in [0, 0.05) is 6.20 Å². The van der Waals surface area contributed by atoms with Gasteiger partial charge < -0.3 is 0 Å². The molecule has 0 N–H and O–H groups in total. The molecule has 0 bridgehead atoms. The maximum absolute atomic E-state index is 5.87. The van der Waals surface area contributed by atoms with E-state index < -0.39 is 0 Å². The Morgan fingerprint density at radius 3 is 2.91 bits per heavy atom. The smallest absolute Gasteiger partial charge is 0.142 e. The molecule has 1 heterocycles. The van der Waals surface area contributed by atoms with E-state index in [2.05, 4.69) is 33.6 Å². The Morgan fingerprint density at radius 1 is 1.55 bits per heavy atom. The zero-order chi connectivity index (χ0) is 7.84. The largest absolute Gasteiger partial charge is 0.243 e. The molecule has 1 aliphatic rings. The van der Waals surface area contributed by atoms with Gasteiger partial charge in [0.2, 0.25) is 0 Å². The van der Waals surface area contributed by atoms with Crippen LogP contribution in [0.5, 0.6) is 0 Å². The van der Waals surface area contributed by atoms with E-state index in [0.717, 1.165) is 9.49 Å². The van der Waals surface area contributed by atoms with Gasteiger partial charge in [0.1, 0.15) is 5.15 Å². The van der Waals surface area contributed by atoms with E-state index in [1.165, 1.54) is 18.4 Å². The van der Waals surface area contributed by atoms with Crippen molar-refractivity contribution in [1.82, 2.24) is 4.98 Å². The van der Waals surface area contributed by atoms with Crippen molar-refractivity contribution in [1.29, 1.82) is 0 Å². The summed E-state index contributed by atoms with van der Waals surface area (Å²) in [5.41, 5.74) is 1.38. The first-order valence-corrected chi connectivity index (χ1v) is 5.04. The fourth-order valence-electron chi connectivity index (χ4n) is 1.14. The molecule has 0 atom stereocenters. The molecular formula is C8H7ClIN. The SMILES string of the molecule is Clc1nccc(C2CC2)c1I. The van der Waals surface area contributed by atoms with Gasteiger partial charge in [0.25, 0.3) is 0 Å². The second-order valence-corrected chi connectivity index (χ2v) is 4.22. The van der Waals surface area contributed by atoms with E-state index in [9.17, 15) is 0 Å². The highest BCUT2D eigenvalue weighted by molar-refractivity contribution is 14.1. The summed E-state index contributed by atoms with van der Waals surface area (Å²) in [4.78, 5) is 4.01. The summed E-state index contributed by atoms with van der Waals surface area (Å²) in [5.74, 6) is 0.766. The van der Waals surface area contributed by atoms with Crippen molar-refractivity contribution >= 4 is 34.2 Å². The average Bonchev–Trinajstić information content (AvgIpc) is 2.77. The lowest BCUT2D eigenvalue weighted by Gasteiger charge is -2.01. The van der Waals surface area contributed by atoms with Crippen LogP contribution >= 0.6 is 34.2 Å². The minimum Gasteiger partial charge on any atom is -0.243 e. The van der Waals surface area contributed by atoms with Crippen LogP contribution in [0.1, 0.15) is 24.3 Å². The summed E-state index contributed by atoms with van der Waals surface area (Å²) in [6, 6.07) is 2.07. The van der Waals surface area contributed by atoms with Crippen LogP contribution in [0.25, 0.3) is 0 Å². The maximum atomic E-state index is 5.87. The van der Waals surface area contributed by atoms with Crippen LogP contribution < -0.4 is 0 Å². The third kappa shape index (κ3) is 1.51. The lowest BCUT2D eigenvalue weighted by atomic mass is 10.2. The topological polar surface area (TPSA) is 12.9 Å². The molecule has 0 radical (unpaired) electrons. The lowest BCUT2D eigenvalue weighted by molar-refractivity contribution is 1.09. The van der Waals surface area contributed by atoms with Crippen LogP contribution in [-0.4, -0.2) is 4.98 Å². The quantitative estimate of drug-likeness (QED) is 0.568. The van der Waals surface area contributed by atoms with E-state index in [1.807, 2.05) is 0 Å². The fourth-order valence-corrected chi connectivity index (χ4v) is 2.07. The molecule has 2 rings (SSSR count). The average molecular weight is 280 g/mol. The Bertz CT molecular complexity index is 283. The van der Waals surface area contributed by atoms with Crippen LogP contribution in [0.4, 0.5) is 0 Å². The summed E-state index contributed by atoms with van der Waals surface area (Å²) in [7, 11) is 0. The Balaban J connectivity index is 2.45. The summed E-state index contributed by atoms with van der Waals surface area (Å²) in [6.07, 6.45) is 4.42. The standard InChI is InChI=1S/C8H7ClIN/c9-8-7(10)6(3-4-11-8)5-1-2-5/h3-5H,1-2H2. The molecule has 58 valence electrons. The third-order valence-corrected chi connectivity index (χ3v) is 3.63. The minimum atomic E-state index is 0.648. The van der Waals surface area contributed by atoms with Crippen LogP contribution in [-0.2, 0) is 0 Å². The van der Waals surface area contributed by atoms with Crippen LogP contribution in [0, 0.1) is 3.57 Å². The summed E-state index contributed by atoms with van der Waals surface area (Å²) in [6.45, 7) is 0. The second kappa shape index (κ2) is 2.90. The highest BCUT2D eigenvalue weighted by Crippen LogP contribution is 2.42. The van der Waals surface area contributed by atoms with Gasteiger partial charge in [-0.3, -0.25) is 0 Å². The number of pyridine rings is 1. The molecule has 1 aliphatic carbocycles.